The van der Waals surface area contributed by atoms with Gasteiger partial charge in [-0.25, -0.2) is 19.7 Å². The molecule has 2 aliphatic heterocycles. The van der Waals surface area contributed by atoms with Crippen LogP contribution in [0.3, 0.4) is 0 Å². The molecule has 0 radical (unpaired) electrons. The second-order valence-electron chi connectivity index (χ2n) is 8.09. The van der Waals surface area contributed by atoms with Gasteiger partial charge in [-0.2, -0.15) is 13.2 Å². The number of aliphatic carboxylic acids is 1. The zero-order valence-corrected chi connectivity index (χ0v) is 18.7. The Bertz CT molecular complexity index is 1020. The summed E-state index contributed by atoms with van der Waals surface area (Å²) in [5.41, 5.74) is 2.25. The van der Waals surface area contributed by atoms with Gasteiger partial charge in [0, 0.05) is 36.6 Å². The number of halogens is 3. The van der Waals surface area contributed by atoms with Crippen molar-refractivity contribution < 1.29 is 37.3 Å². The van der Waals surface area contributed by atoms with Crippen molar-refractivity contribution in [3.05, 3.63) is 47.5 Å². The zero-order valence-electron chi connectivity index (χ0n) is 18.7. The monoisotopic (exact) mass is 482 g/mol. The van der Waals surface area contributed by atoms with Crippen LogP contribution in [0.4, 0.5) is 13.2 Å². The summed E-state index contributed by atoms with van der Waals surface area (Å²) in [4.78, 5) is 36.2. The summed E-state index contributed by atoms with van der Waals surface area (Å²) in [5.74, 6) is -2.05. The number of amides is 1. The number of fused-ring (bicyclic) bond motifs is 1. The van der Waals surface area contributed by atoms with Gasteiger partial charge in [-0.1, -0.05) is 6.07 Å². The molecule has 34 heavy (non-hydrogen) atoms. The number of nitrogens with zero attached hydrogens (tertiary/aromatic N) is 4. The number of hydrogen-bond acceptors (Lipinski definition) is 7. The van der Waals surface area contributed by atoms with E-state index in [9.17, 15) is 18.0 Å². The van der Waals surface area contributed by atoms with E-state index in [0.29, 0.717) is 43.2 Å². The Hall–Kier alpha value is -3.28. The van der Waals surface area contributed by atoms with Crippen LogP contribution in [0.5, 0.6) is 6.01 Å². The fourth-order valence-corrected chi connectivity index (χ4v) is 3.88. The van der Waals surface area contributed by atoms with Gasteiger partial charge in [0.2, 0.25) is 0 Å². The number of pyridine rings is 1. The SMILES string of the molecule is Cc1cccc(C(=O)N2C[C@H]3[C@@H](CCOc4nccc(C)n4)CO[C@H]3C2)n1.O=C(O)C(F)(F)F. The zero-order chi connectivity index (χ0) is 24.9. The summed E-state index contributed by atoms with van der Waals surface area (Å²) < 4.78 is 43.4. The lowest BCUT2D eigenvalue weighted by Gasteiger charge is -2.19. The molecule has 0 bridgehead atoms. The molecule has 12 heteroatoms. The largest absolute Gasteiger partial charge is 0.490 e. The first kappa shape index (κ1) is 25.3. The lowest BCUT2D eigenvalue weighted by atomic mass is 9.91. The molecule has 2 aromatic rings. The van der Waals surface area contributed by atoms with Gasteiger partial charge in [0.15, 0.2) is 0 Å². The highest BCUT2D eigenvalue weighted by Gasteiger charge is 2.45. The molecule has 0 unspecified atom stereocenters. The van der Waals surface area contributed by atoms with Crippen molar-refractivity contribution in [2.75, 3.05) is 26.3 Å². The average molecular weight is 482 g/mol. The minimum Gasteiger partial charge on any atom is -0.475 e. The molecule has 3 atom stereocenters. The predicted molar refractivity (Wildman–Crippen MR) is 112 cm³/mol. The van der Waals surface area contributed by atoms with Crippen LogP contribution < -0.4 is 4.74 Å². The van der Waals surface area contributed by atoms with Crippen molar-refractivity contribution >= 4 is 11.9 Å². The molecule has 184 valence electrons. The number of carboxylic acids is 1. The van der Waals surface area contributed by atoms with E-state index in [1.54, 1.807) is 12.3 Å². The van der Waals surface area contributed by atoms with Crippen molar-refractivity contribution in [3.63, 3.8) is 0 Å². The van der Waals surface area contributed by atoms with Gasteiger partial charge in [0.25, 0.3) is 5.91 Å². The van der Waals surface area contributed by atoms with Crippen LogP contribution in [0.1, 0.15) is 28.3 Å². The Labute approximate surface area is 193 Å². The average Bonchev–Trinajstić information content (AvgIpc) is 3.35. The molecule has 2 aromatic heterocycles. The quantitative estimate of drug-likeness (QED) is 0.692. The van der Waals surface area contributed by atoms with Crippen LogP contribution in [0.2, 0.25) is 0 Å². The highest BCUT2D eigenvalue weighted by Crippen LogP contribution is 2.36. The number of carbonyl (C=O) groups is 2. The molecule has 0 saturated carbocycles. The number of alkyl halides is 3. The van der Waals surface area contributed by atoms with E-state index in [0.717, 1.165) is 24.4 Å². The smallest absolute Gasteiger partial charge is 0.475 e. The normalized spacial score (nSPS) is 21.4. The molecule has 4 heterocycles. The van der Waals surface area contributed by atoms with Crippen molar-refractivity contribution in [2.24, 2.45) is 11.8 Å². The summed E-state index contributed by atoms with van der Waals surface area (Å²) in [6, 6.07) is 7.80. The molecule has 4 rings (SSSR count). The van der Waals surface area contributed by atoms with Crippen LogP contribution in [-0.4, -0.2) is 75.4 Å². The molecule has 0 aliphatic carbocycles. The van der Waals surface area contributed by atoms with Crippen LogP contribution in [0.25, 0.3) is 0 Å². The Balaban J connectivity index is 0.000000406. The van der Waals surface area contributed by atoms with E-state index in [2.05, 4.69) is 15.0 Å². The minimum absolute atomic E-state index is 0.0140. The number of likely N-dealkylation sites (tertiary alicyclic amines) is 1. The molecule has 2 aliphatic rings. The van der Waals surface area contributed by atoms with Gasteiger partial charge >= 0.3 is 18.2 Å². The highest BCUT2D eigenvalue weighted by molar-refractivity contribution is 5.92. The first-order valence-electron chi connectivity index (χ1n) is 10.6. The molecule has 0 aromatic carbocycles. The molecule has 2 fully saturated rings. The number of ether oxygens (including phenoxy) is 2. The number of carboxylic acid groups (broad SMARTS) is 1. The van der Waals surface area contributed by atoms with Gasteiger partial charge in [0.05, 0.1) is 19.3 Å². The number of aryl methyl sites for hydroxylation is 2. The van der Waals surface area contributed by atoms with E-state index in [1.165, 1.54) is 0 Å². The Morgan fingerprint density at radius 3 is 2.53 bits per heavy atom. The lowest BCUT2D eigenvalue weighted by Crippen LogP contribution is -2.32. The van der Waals surface area contributed by atoms with E-state index >= 15 is 0 Å². The Kier molecular flexibility index (Phi) is 8.02. The van der Waals surface area contributed by atoms with Crippen molar-refractivity contribution in [3.8, 4) is 6.01 Å². The molecule has 1 N–H and O–H groups in total. The minimum atomic E-state index is -5.08. The first-order valence-corrected chi connectivity index (χ1v) is 10.6. The molecule has 1 amide bonds. The van der Waals surface area contributed by atoms with Crippen LogP contribution in [0, 0.1) is 25.7 Å². The second-order valence-corrected chi connectivity index (χ2v) is 8.09. The number of aromatic nitrogens is 3. The van der Waals surface area contributed by atoms with Gasteiger partial charge in [-0.05, 0) is 44.4 Å². The lowest BCUT2D eigenvalue weighted by molar-refractivity contribution is -0.192. The maximum atomic E-state index is 12.7. The maximum absolute atomic E-state index is 12.7. The summed E-state index contributed by atoms with van der Waals surface area (Å²) in [5, 5.41) is 7.12. The summed E-state index contributed by atoms with van der Waals surface area (Å²) in [6.45, 7) is 6.43. The number of rotatable bonds is 5. The number of hydrogen-bond donors (Lipinski definition) is 1. The standard InChI is InChI=1S/C20H24N4O3.C2HF3O2/c1-13-4-3-5-17(22-13)19(25)24-10-16-15(12-27-18(16)11-24)7-9-26-20-21-8-6-14(2)23-20;3-2(4,5)1(6)7/h3-6,8,15-16,18H,7,9-12H2,1-2H3;(H,6,7)/t15-,16-,18-;/m0./s1. The summed E-state index contributed by atoms with van der Waals surface area (Å²) >= 11 is 0. The fourth-order valence-electron chi connectivity index (χ4n) is 3.88. The van der Waals surface area contributed by atoms with E-state index in [1.807, 2.05) is 36.9 Å². The molecule has 0 spiro atoms. The molecular weight excluding hydrogens is 457 g/mol. The third-order valence-corrected chi connectivity index (χ3v) is 5.57. The summed E-state index contributed by atoms with van der Waals surface area (Å²) in [6.07, 6.45) is -2.41. The summed E-state index contributed by atoms with van der Waals surface area (Å²) in [7, 11) is 0. The number of carbonyl (C=O) groups excluding carboxylic acids is 1. The van der Waals surface area contributed by atoms with Gasteiger partial charge < -0.3 is 19.5 Å². The Morgan fingerprint density at radius 1 is 1.18 bits per heavy atom. The van der Waals surface area contributed by atoms with Crippen LogP contribution in [0.15, 0.2) is 30.5 Å². The fraction of sp³-hybridized carbons (Fsp3) is 0.500. The Morgan fingerprint density at radius 2 is 1.88 bits per heavy atom. The second kappa shape index (κ2) is 10.8. The van der Waals surface area contributed by atoms with Crippen molar-refractivity contribution in [1.29, 1.82) is 0 Å². The van der Waals surface area contributed by atoms with Gasteiger partial charge in [-0.3, -0.25) is 4.79 Å². The first-order chi connectivity index (χ1) is 16.0. The highest BCUT2D eigenvalue weighted by atomic mass is 19.4. The third-order valence-electron chi connectivity index (χ3n) is 5.57. The van der Waals surface area contributed by atoms with Crippen LogP contribution in [-0.2, 0) is 9.53 Å². The molecule has 2 saturated heterocycles. The van der Waals surface area contributed by atoms with E-state index in [-0.39, 0.29) is 12.0 Å². The van der Waals surface area contributed by atoms with Crippen molar-refractivity contribution in [2.45, 2.75) is 32.5 Å². The predicted octanol–water partition coefficient (Wildman–Crippen LogP) is 2.68. The topological polar surface area (TPSA) is 115 Å². The van der Waals surface area contributed by atoms with Gasteiger partial charge in [-0.15, -0.1) is 0 Å². The molecular formula is C22H25F3N4O5. The third kappa shape index (κ3) is 6.62. The van der Waals surface area contributed by atoms with E-state index in [4.69, 9.17) is 19.4 Å². The van der Waals surface area contributed by atoms with E-state index < -0.39 is 12.1 Å². The van der Waals surface area contributed by atoms with Gasteiger partial charge in [0.1, 0.15) is 5.69 Å². The van der Waals surface area contributed by atoms with Crippen LogP contribution >= 0.6 is 0 Å². The van der Waals surface area contributed by atoms with Crippen molar-refractivity contribution in [1.82, 2.24) is 19.9 Å². The maximum Gasteiger partial charge on any atom is 0.490 e. The molecule has 9 nitrogen and oxygen atoms in total.